The molecule has 2 heterocycles. The van der Waals surface area contributed by atoms with Gasteiger partial charge in [0.1, 0.15) is 23.0 Å². The van der Waals surface area contributed by atoms with Crippen LogP contribution in [0, 0.1) is 0 Å². The Kier molecular flexibility index (Phi) is 8.60. The largest absolute Gasteiger partial charge is 0.461 e. The molecule has 0 spiro atoms. The van der Waals surface area contributed by atoms with E-state index >= 15 is 0 Å². The Morgan fingerprint density at radius 2 is 0.831 bits per heavy atom. The van der Waals surface area contributed by atoms with Crippen molar-refractivity contribution in [3.8, 4) is 22.3 Å². The van der Waals surface area contributed by atoms with E-state index in [-0.39, 0.29) is 21.9 Å². The first-order valence-electron chi connectivity index (χ1n) is 21.1. The van der Waals surface area contributed by atoms with E-state index in [4.69, 9.17) is 8.83 Å². The number of furan rings is 2. The third kappa shape index (κ3) is 6.30. The Hall–Kier alpha value is -5.90. The zero-order valence-electron chi connectivity index (χ0n) is 35.5. The van der Waals surface area contributed by atoms with Crippen molar-refractivity contribution in [2.24, 2.45) is 0 Å². The summed E-state index contributed by atoms with van der Waals surface area (Å²) in [6.07, 6.45) is 4.94. The summed E-state index contributed by atoms with van der Waals surface area (Å²) in [6.45, 7) is 18.6. The van der Waals surface area contributed by atoms with Crippen molar-refractivity contribution in [1.29, 1.82) is 0 Å². The summed E-state index contributed by atoms with van der Waals surface area (Å²) in [6, 6.07) is 53.9. The number of hydrogen-bond acceptors (Lipinski definition) is 2. The van der Waals surface area contributed by atoms with Gasteiger partial charge >= 0.3 is 0 Å². The van der Waals surface area contributed by atoms with Crippen LogP contribution in [0.25, 0.3) is 67.1 Å². The van der Waals surface area contributed by atoms with Gasteiger partial charge in [0.2, 0.25) is 0 Å². The summed E-state index contributed by atoms with van der Waals surface area (Å²) >= 11 is 0. The summed E-state index contributed by atoms with van der Waals surface area (Å²) < 4.78 is 13.8. The number of rotatable bonds is 6. The average molecular weight is 785 g/mol. The Balaban J connectivity index is 1.18. The van der Waals surface area contributed by atoms with Gasteiger partial charge in [-0.1, -0.05) is 164 Å². The molecule has 0 amide bonds. The Bertz CT molecular complexity index is 2800. The van der Waals surface area contributed by atoms with Gasteiger partial charge in [0, 0.05) is 33.1 Å². The smallest absolute Gasteiger partial charge is 0.130 e. The predicted molar refractivity (Wildman–Crippen MR) is 252 cm³/mol. The molecule has 3 heteroatoms. The fourth-order valence-corrected chi connectivity index (χ4v) is 14.5. The molecule has 2 aliphatic rings. The maximum atomic E-state index is 6.91. The third-order valence-electron chi connectivity index (χ3n) is 13.0. The first-order chi connectivity index (χ1) is 28.3. The highest BCUT2D eigenvalue weighted by atomic mass is 28.3. The molecule has 0 N–H and O–H groups in total. The average Bonchev–Trinajstić information content (AvgIpc) is 4.04. The highest BCUT2D eigenvalue weighted by Gasteiger charge is 2.51. The van der Waals surface area contributed by atoms with Crippen LogP contribution in [0.1, 0.15) is 97.9 Å². The SMILES string of the molecule is CC(C)(C)c1ccc(C2=Cc3c(-c4ccc5ccccc5c4)cccc3C2[Si](C)(C)C2C(c3ccc(C(C)(C)C)o3)=Cc3c(-c4ccc5ccccc5c4)cccc32)o1. The molecule has 2 nitrogen and oxygen atoms in total. The lowest BCUT2D eigenvalue weighted by molar-refractivity contribution is 0.403. The molecule has 2 unspecified atom stereocenters. The van der Waals surface area contributed by atoms with E-state index in [1.165, 1.54) is 77.2 Å². The molecule has 0 saturated carbocycles. The first kappa shape index (κ1) is 37.4. The van der Waals surface area contributed by atoms with Crippen LogP contribution in [0.3, 0.4) is 0 Å². The molecule has 0 radical (unpaired) electrons. The lowest BCUT2D eigenvalue weighted by Crippen LogP contribution is -2.42. The monoisotopic (exact) mass is 784 g/mol. The fourth-order valence-electron chi connectivity index (χ4n) is 10.0. The summed E-state index contributed by atoms with van der Waals surface area (Å²) in [7, 11) is -2.50. The molecule has 10 rings (SSSR count). The molecule has 292 valence electrons. The maximum absolute atomic E-state index is 6.91. The van der Waals surface area contributed by atoms with E-state index in [9.17, 15) is 0 Å². The fraction of sp³-hybridized carbons (Fsp3) is 0.214. The lowest BCUT2D eigenvalue weighted by Gasteiger charge is -2.39. The molecular weight excluding hydrogens is 733 g/mol. The van der Waals surface area contributed by atoms with Gasteiger partial charge in [-0.15, -0.1) is 0 Å². The van der Waals surface area contributed by atoms with Crippen molar-refractivity contribution in [3.05, 3.63) is 191 Å². The normalized spacial score (nSPS) is 16.7. The van der Waals surface area contributed by atoms with Crippen molar-refractivity contribution >= 4 is 52.9 Å². The molecule has 59 heavy (non-hydrogen) atoms. The van der Waals surface area contributed by atoms with Gasteiger partial charge in [-0.2, -0.15) is 0 Å². The highest BCUT2D eigenvalue weighted by molar-refractivity contribution is 6.84. The molecule has 0 bridgehead atoms. The van der Waals surface area contributed by atoms with Crippen LogP contribution >= 0.6 is 0 Å². The molecular formula is C56H52O2Si. The quantitative estimate of drug-likeness (QED) is 0.157. The van der Waals surface area contributed by atoms with Gasteiger partial charge in [0.25, 0.3) is 0 Å². The minimum Gasteiger partial charge on any atom is -0.461 e. The van der Waals surface area contributed by atoms with Crippen molar-refractivity contribution in [3.63, 3.8) is 0 Å². The maximum Gasteiger partial charge on any atom is 0.130 e. The van der Waals surface area contributed by atoms with E-state index in [2.05, 4.69) is 212 Å². The molecule has 0 aliphatic heterocycles. The molecule has 2 atom stereocenters. The minimum atomic E-state index is -2.50. The standard InChI is InChI=1S/C56H52O2Si/c1-55(2,3)51-29-27-49(57-51)47-33-45-41(39-25-23-35-15-9-11-17-37(35)31-39)19-13-21-43(45)53(47)59(7,8)54-44-22-14-20-42(40-26-24-36-16-10-12-18-38(36)32-40)46(44)34-48(54)50-28-30-52(58-50)56(4,5)6/h9-34,53-54H,1-8H3. The lowest BCUT2D eigenvalue weighted by atomic mass is 9.94. The van der Waals surface area contributed by atoms with Crippen LogP contribution in [0.5, 0.6) is 0 Å². The van der Waals surface area contributed by atoms with Crippen molar-refractivity contribution in [2.75, 3.05) is 0 Å². The predicted octanol–water partition coefficient (Wildman–Crippen LogP) is 15.9. The molecule has 0 saturated heterocycles. The molecule has 2 aliphatic carbocycles. The van der Waals surface area contributed by atoms with E-state index in [1.807, 2.05) is 0 Å². The van der Waals surface area contributed by atoms with Gasteiger partial charge in [-0.05, 0) is 115 Å². The zero-order valence-corrected chi connectivity index (χ0v) is 36.5. The summed E-state index contributed by atoms with van der Waals surface area (Å²) in [5.74, 6) is 3.97. The van der Waals surface area contributed by atoms with Crippen LogP contribution in [-0.4, -0.2) is 8.07 Å². The third-order valence-corrected chi connectivity index (χ3v) is 17.2. The Morgan fingerprint density at radius 1 is 0.424 bits per heavy atom. The molecule has 6 aromatic carbocycles. The van der Waals surface area contributed by atoms with E-state index in [0.717, 1.165) is 23.0 Å². The van der Waals surface area contributed by atoms with Gasteiger partial charge in [0.15, 0.2) is 0 Å². The van der Waals surface area contributed by atoms with E-state index < -0.39 is 8.07 Å². The summed E-state index contributed by atoms with van der Waals surface area (Å²) in [5.41, 5.74) is 13.1. The Labute approximate surface area is 349 Å². The minimum absolute atomic E-state index is 0.105. The summed E-state index contributed by atoms with van der Waals surface area (Å²) in [4.78, 5) is 0. The van der Waals surface area contributed by atoms with Crippen molar-refractivity contribution < 1.29 is 8.83 Å². The van der Waals surface area contributed by atoms with Crippen LogP contribution < -0.4 is 0 Å². The topological polar surface area (TPSA) is 26.3 Å². The van der Waals surface area contributed by atoms with E-state index in [0.29, 0.717) is 0 Å². The second kappa shape index (κ2) is 13.6. The Morgan fingerprint density at radius 3 is 1.22 bits per heavy atom. The van der Waals surface area contributed by atoms with Crippen LogP contribution in [0.15, 0.2) is 154 Å². The van der Waals surface area contributed by atoms with Crippen molar-refractivity contribution in [2.45, 2.75) is 76.5 Å². The zero-order chi connectivity index (χ0) is 40.8. The second-order valence-electron chi connectivity index (χ2n) is 19.5. The van der Waals surface area contributed by atoms with Gasteiger partial charge in [0.05, 0.1) is 8.07 Å². The van der Waals surface area contributed by atoms with Gasteiger partial charge < -0.3 is 8.83 Å². The number of benzene rings is 6. The highest BCUT2D eigenvalue weighted by Crippen LogP contribution is 2.59. The van der Waals surface area contributed by atoms with Crippen LogP contribution in [0.4, 0.5) is 0 Å². The number of allylic oxidation sites excluding steroid dienone is 2. The number of hydrogen-bond donors (Lipinski definition) is 0. The van der Waals surface area contributed by atoms with E-state index in [1.54, 1.807) is 0 Å². The first-order valence-corrected chi connectivity index (χ1v) is 24.3. The van der Waals surface area contributed by atoms with Crippen molar-refractivity contribution in [1.82, 2.24) is 0 Å². The second-order valence-corrected chi connectivity index (χ2v) is 24.3. The van der Waals surface area contributed by atoms with Gasteiger partial charge in [-0.25, -0.2) is 0 Å². The van der Waals surface area contributed by atoms with Crippen LogP contribution in [0.2, 0.25) is 13.1 Å². The van der Waals surface area contributed by atoms with Crippen LogP contribution in [-0.2, 0) is 10.8 Å². The number of fused-ring (bicyclic) bond motifs is 4. The molecule has 0 fully saturated rings. The summed E-state index contributed by atoms with van der Waals surface area (Å²) in [5, 5.41) is 5.02. The molecule has 2 aromatic heterocycles. The van der Waals surface area contributed by atoms with Gasteiger partial charge in [-0.3, -0.25) is 0 Å². The molecule has 8 aromatic rings.